The predicted octanol–water partition coefficient (Wildman–Crippen LogP) is 2.13. The molecule has 1 aliphatic rings. The molecule has 1 heterocycles. The molecule has 1 amide bonds. The molecule has 0 spiro atoms. The molecule has 0 aliphatic carbocycles. The van der Waals surface area contributed by atoms with Crippen molar-refractivity contribution < 1.29 is 14.3 Å². The Morgan fingerprint density at radius 1 is 1.55 bits per heavy atom. The van der Waals surface area contributed by atoms with Crippen molar-refractivity contribution >= 4 is 29.0 Å². The number of benzene rings is 1. The van der Waals surface area contributed by atoms with E-state index in [0.29, 0.717) is 28.8 Å². The Morgan fingerprint density at radius 2 is 2.35 bits per heavy atom. The standard InChI is InChI=1S/C14H20N2O3S/c1-18-13-7-10(15)4-5-12(13)16-14(17)3-2-6-20-11-8-19-9-11/h4-5,7,11H,2-3,6,8-9,15H2,1H3,(H,16,17). The van der Waals surface area contributed by atoms with Gasteiger partial charge in [-0.05, 0) is 24.3 Å². The molecule has 20 heavy (non-hydrogen) atoms. The number of nitrogens with two attached hydrogens (primary N) is 1. The number of methoxy groups -OCH3 is 1. The van der Waals surface area contributed by atoms with E-state index in [1.807, 2.05) is 11.8 Å². The highest BCUT2D eigenvalue weighted by Crippen LogP contribution is 2.27. The molecule has 2 rings (SSSR count). The molecule has 6 heteroatoms. The first-order chi connectivity index (χ1) is 9.69. The third-order valence-electron chi connectivity index (χ3n) is 3.01. The number of anilines is 2. The maximum absolute atomic E-state index is 11.9. The number of hydrogen-bond donors (Lipinski definition) is 2. The van der Waals surface area contributed by atoms with Crippen LogP contribution in [-0.2, 0) is 9.53 Å². The fourth-order valence-corrected chi connectivity index (χ4v) is 2.85. The van der Waals surface area contributed by atoms with Crippen LogP contribution in [0.25, 0.3) is 0 Å². The second-order valence-electron chi connectivity index (χ2n) is 4.64. The zero-order chi connectivity index (χ0) is 14.4. The van der Waals surface area contributed by atoms with Crippen LogP contribution in [0.1, 0.15) is 12.8 Å². The monoisotopic (exact) mass is 296 g/mol. The summed E-state index contributed by atoms with van der Waals surface area (Å²) in [6.07, 6.45) is 1.37. The molecule has 0 bridgehead atoms. The van der Waals surface area contributed by atoms with Gasteiger partial charge in [-0.1, -0.05) is 0 Å². The zero-order valence-corrected chi connectivity index (χ0v) is 12.4. The van der Waals surface area contributed by atoms with Crippen LogP contribution in [-0.4, -0.2) is 37.2 Å². The average Bonchev–Trinajstić information content (AvgIpc) is 2.38. The summed E-state index contributed by atoms with van der Waals surface area (Å²) in [6.45, 7) is 1.69. The molecule has 1 aliphatic heterocycles. The summed E-state index contributed by atoms with van der Waals surface area (Å²) in [5.41, 5.74) is 6.94. The Hall–Kier alpha value is -1.40. The van der Waals surface area contributed by atoms with Crippen molar-refractivity contribution in [3.05, 3.63) is 18.2 Å². The minimum atomic E-state index is -0.00136. The van der Waals surface area contributed by atoms with Gasteiger partial charge in [0.15, 0.2) is 0 Å². The molecule has 110 valence electrons. The Labute approximate surface area is 123 Å². The summed E-state index contributed by atoms with van der Waals surface area (Å²) in [7, 11) is 1.56. The molecular formula is C14H20N2O3S. The number of amides is 1. The van der Waals surface area contributed by atoms with Crippen LogP contribution in [0.4, 0.5) is 11.4 Å². The van der Waals surface area contributed by atoms with E-state index in [1.54, 1.807) is 25.3 Å². The fourth-order valence-electron chi connectivity index (χ4n) is 1.82. The van der Waals surface area contributed by atoms with Crippen LogP contribution in [0.5, 0.6) is 5.75 Å². The third kappa shape index (κ3) is 4.31. The zero-order valence-electron chi connectivity index (χ0n) is 11.6. The lowest BCUT2D eigenvalue weighted by atomic mass is 10.2. The van der Waals surface area contributed by atoms with Crippen molar-refractivity contribution in [2.24, 2.45) is 0 Å². The maximum Gasteiger partial charge on any atom is 0.224 e. The minimum absolute atomic E-state index is 0.00136. The smallest absolute Gasteiger partial charge is 0.224 e. The van der Waals surface area contributed by atoms with E-state index in [2.05, 4.69) is 5.32 Å². The highest BCUT2D eigenvalue weighted by molar-refractivity contribution is 8.00. The van der Waals surface area contributed by atoms with E-state index in [9.17, 15) is 4.79 Å². The first-order valence-corrected chi connectivity index (χ1v) is 7.66. The van der Waals surface area contributed by atoms with Gasteiger partial charge in [-0.2, -0.15) is 11.8 Å². The van der Waals surface area contributed by atoms with Gasteiger partial charge in [0.25, 0.3) is 0 Å². The van der Waals surface area contributed by atoms with Crippen molar-refractivity contribution in [2.75, 3.05) is 37.1 Å². The van der Waals surface area contributed by atoms with Crippen molar-refractivity contribution in [3.63, 3.8) is 0 Å². The first kappa shape index (κ1) is 15.0. The Balaban J connectivity index is 1.73. The second kappa shape index (κ2) is 7.40. The number of carbonyl (C=O) groups is 1. The van der Waals surface area contributed by atoms with Gasteiger partial charge in [-0.25, -0.2) is 0 Å². The van der Waals surface area contributed by atoms with Crippen molar-refractivity contribution in [3.8, 4) is 5.75 Å². The van der Waals surface area contributed by atoms with Crippen LogP contribution < -0.4 is 15.8 Å². The molecule has 0 radical (unpaired) electrons. The van der Waals surface area contributed by atoms with Gasteiger partial charge in [-0.3, -0.25) is 4.79 Å². The molecule has 1 fully saturated rings. The number of carbonyl (C=O) groups excluding carboxylic acids is 1. The molecule has 1 aromatic carbocycles. The van der Waals surface area contributed by atoms with E-state index in [1.165, 1.54) is 0 Å². The van der Waals surface area contributed by atoms with Crippen molar-refractivity contribution in [1.29, 1.82) is 0 Å². The van der Waals surface area contributed by atoms with Crippen molar-refractivity contribution in [1.82, 2.24) is 0 Å². The Kier molecular flexibility index (Phi) is 5.55. The van der Waals surface area contributed by atoms with Crippen LogP contribution in [0, 0.1) is 0 Å². The number of ether oxygens (including phenoxy) is 2. The Bertz CT molecular complexity index is 464. The van der Waals surface area contributed by atoms with Gasteiger partial charge in [0, 0.05) is 18.2 Å². The summed E-state index contributed by atoms with van der Waals surface area (Å²) >= 11 is 1.87. The summed E-state index contributed by atoms with van der Waals surface area (Å²) in [4.78, 5) is 11.9. The number of hydrogen-bond acceptors (Lipinski definition) is 5. The average molecular weight is 296 g/mol. The fraction of sp³-hybridized carbons (Fsp3) is 0.500. The molecule has 0 atom stereocenters. The van der Waals surface area contributed by atoms with Crippen LogP contribution >= 0.6 is 11.8 Å². The van der Waals surface area contributed by atoms with Gasteiger partial charge in [0.05, 0.1) is 31.3 Å². The largest absolute Gasteiger partial charge is 0.494 e. The highest BCUT2D eigenvalue weighted by Gasteiger charge is 2.18. The van der Waals surface area contributed by atoms with E-state index < -0.39 is 0 Å². The normalized spacial score (nSPS) is 14.7. The van der Waals surface area contributed by atoms with Gasteiger partial charge in [-0.15, -0.1) is 0 Å². The lowest BCUT2D eigenvalue weighted by molar-refractivity contribution is -0.116. The highest BCUT2D eigenvalue weighted by atomic mass is 32.2. The van der Waals surface area contributed by atoms with Crippen LogP contribution in [0.2, 0.25) is 0 Å². The topological polar surface area (TPSA) is 73.6 Å². The second-order valence-corrected chi connectivity index (χ2v) is 6.05. The molecule has 5 nitrogen and oxygen atoms in total. The molecule has 1 aromatic rings. The van der Waals surface area contributed by atoms with Crippen LogP contribution in [0.3, 0.4) is 0 Å². The number of rotatable bonds is 7. The number of nitrogen functional groups attached to an aromatic ring is 1. The lowest BCUT2D eigenvalue weighted by Crippen LogP contribution is -2.30. The van der Waals surface area contributed by atoms with E-state index in [4.69, 9.17) is 15.2 Å². The van der Waals surface area contributed by atoms with E-state index in [-0.39, 0.29) is 5.91 Å². The third-order valence-corrected chi connectivity index (χ3v) is 4.28. The number of nitrogens with one attached hydrogen (secondary N) is 1. The van der Waals surface area contributed by atoms with Gasteiger partial charge in [0.1, 0.15) is 5.75 Å². The maximum atomic E-state index is 11.9. The SMILES string of the molecule is COc1cc(N)ccc1NC(=O)CCCSC1COC1. The summed E-state index contributed by atoms with van der Waals surface area (Å²) in [6, 6.07) is 5.19. The van der Waals surface area contributed by atoms with Gasteiger partial charge >= 0.3 is 0 Å². The van der Waals surface area contributed by atoms with Crippen molar-refractivity contribution in [2.45, 2.75) is 18.1 Å². The van der Waals surface area contributed by atoms with Gasteiger partial charge in [0.2, 0.25) is 5.91 Å². The summed E-state index contributed by atoms with van der Waals surface area (Å²) < 4.78 is 10.3. The summed E-state index contributed by atoms with van der Waals surface area (Å²) in [5, 5.41) is 3.47. The quantitative estimate of drug-likeness (QED) is 0.595. The lowest BCUT2D eigenvalue weighted by Gasteiger charge is -2.25. The molecule has 3 N–H and O–H groups in total. The first-order valence-electron chi connectivity index (χ1n) is 6.61. The Morgan fingerprint density at radius 3 is 3.00 bits per heavy atom. The number of thioether (sulfide) groups is 1. The molecule has 0 saturated carbocycles. The minimum Gasteiger partial charge on any atom is -0.494 e. The molecule has 0 aromatic heterocycles. The van der Waals surface area contributed by atoms with Gasteiger partial charge < -0.3 is 20.5 Å². The van der Waals surface area contributed by atoms with E-state index >= 15 is 0 Å². The molecule has 0 unspecified atom stereocenters. The van der Waals surface area contributed by atoms with E-state index in [0.717, 1.165) is 25.4 Å². The predicted molar refractivity (Wildman–Crippen MR) is 82.3 cm³/mol. The molecule has 1 saturated heterocycles. The summed E-state index contributed by atoms with van der Waals surface area (Å²) in [5.74, 6) is 1.57. The molecular weight excluding hydrogens is 276 g/mol. The van der Waals surface area contributed by atoms with Crippen LogP contribution in [0.15, 0.2) is 18.2 Å².